The number of H-pyrrole nitrogens is 1. The summed E-state index contributed by atoms with van der Waals surface area (Å²) >= 11 is 0. The van der Waals surface area contributed by atoms with Gasteiger partial charge in [-0.2, -0.15) is 0 Å². The number of rotatable bonds is 8. The second-order valence-electron chi connectivity index (χ2n) is 7.63. The second kappa shape index (κ2) is 8.65. The highest BCUT2D eigenvalue weighted by molar-refractivity contribution is 7.89. The van der Waals surface area contributed by atoms with Gasteiger partial charge >= 0.3 is 5.69 Å². The molecule has 0 saturated carbocycles. The van der Waals surface area contributed by atoms with E-state index in [1.165, 1.54) is 0 Å². The van der Waals surface area contributed by atoms with Gasteiger partial charge in [0.1, 0.15) is 11.3 Å². The minimum absolute atomic E-state index is 0.132. The molecule has 0 atom stereocenters. The number of aromatic amines is 1. The highest BCUT2D eigenvalue weighted by Crippen LogP contribution is 2.24. The van der Waals surface area contributed by atoms with E-state index in [0.29, 0.717) is 31.0 Å². The smallest absolute Gasteiger partial charge is 0.326 e. The van der Waals surface area contributed by atoms with Gasteiger partial charge in [0.25, 0.3) is 0 Å². The van der Waals surface area contributed by atoms with Crippen LogP contribution in [0.3, 0.4) is 0 Å². The summed E-state index contributed by atoms with van der Waals surface area (Å²) in [5.41, 5.74) is 8.21. The Kier molecular flexibility index (Phi) is 6.44. The molecule has 0 radical (unpaired) electrons. The summed E-state index contributed by atoms with van der Waals surface area (Å²) in [7, 11) is -3.14. The van der Waals surface area contributed by atoms with E-state index in [2.05, 4.69) is 16.9 Å². The van der Waals surface area contributed by atoms with Crippen LogP contribution in [0.25, 0.3) is 11.0 Å². The first-order valence-electron chi connectivity index (χ1n) is 10.2. The summed E-state index contributed by atoms with van der Waals surface area (Å²) in [4.78, 5) is 19.8. The number of anilines is 1. The van der Waals surface area contributed by atoms with Crippen LogP contribution in [-0.4, -0.2) is 46.1 Å². The van der Waals surface area contributed by atoms with E-state index in [-0.39, 0.29) is 17.4 Å². The van der Waals surface area contributed by atoms with Crippen molar-refractivity contribution in [2.75, 3.05) is 24.6 Å². The zero-order valence-corrected chi connectivity index (χ0v) is 17.6. The zero-order valence-electron chi connectivity index (χ0n) is 16.8. The van der Waals surface area contributed by atoms with Crippen LogP contribution in [0.15, 0.2) is 10.9 Å². The lowest BCUT2D eigenvalue weighted by Crippen LogP contribution is -2.40. The number of piperidine rings is 1. The molecule has 1 aliphatic heterocycles. The number of hydrogen-bond acceptors (Lipinski definition) is 5. The number of hydrogen-bond donors (Lipinski definition) is 2. The third kappa shape index (κ3) is 4.41. The lowest BCUT2D eigenvalue weighted by Gasteiger charge is -2.31. The van der Waals surface area contributed by atoms with Crippen LogP contribution < -0.4 is 11.4 Å². The van der Waals surface area contributed by atoms with Gasteiger partial charge in [-0.25, -0.2) is 22.5 Å². The number of aromatic nitrogens is 3. The van der Waals surface area contributed by atoms with Crippen molar-refractivity contribution in [3.63, 3.8) is 0 Å². The highest BCUT2D eigenvalue weighted by atomic mass is 32.2. The standard InChI is InChI=1S/C19H31N5O3S/c1-3-5-6-7-15-12-16-17(18(20)21-15)22-19(25)24(16)13-14-8-10-23(11-9-14)28(26,27)4-2/h12,14H,3-11,13H2,1-2H3,(H2,20,21)(H,22,25). The molecule has 3 rings (SSSR count). The SMILES string of the molecule is CCCCCc1cc2c([nH]c(=O)n2CC2CCN(S(=O)(=O)CC)CC2)c(N)n1. The number of aryl methyl sites for hydroxylation is 1. The Labute approximate surface area is 166 Å². The van der Waals surface area contributed by atoms with Crippen molar-refractivity contribution in [3.8, 4) is 0 Å². The fraction of sp³-hybridized carbons (Fsp3) is 0.684. The first kappa shape index (κ1) is 20.9. The van der Waals surface area contributed by atoms with Crippen LogP contribution in [0.4, 0.5) is 5.82 Å². The molecule has 0 bridgehead atoms. The molecule has 1 saturated heterocycles. The summed E-state index contributed by atoms with van der Waals surface area (Å²) in [6, 6.07) is 1.97. The van der Waals surface area contributed by atoms with E-state index < -0.39 is 10.0 Å². The molecular formula is C19H31N5O3S. The Hall–Kier alpha value is -1.87. The molecule has 2 aromatic heterocycles. The van der Waals surface area contributed by atoms with Crippen LogP contribution >= 0.6 is 0 Å². The summed E-state index contributed by atoms with van der Waals surface area (Å²) in [5, 5.41) is 0. The van der Waals surface area contributed by atoms with Crippen LogP contribution in [0, 0.1) is 5.92 Å². The fourth-order valence-electron chi connectivity index (χ4n) is 3.91. The first-order valence-corrected chi connectivity index (χ1v) is 11.8. The lowest BCUT2D eigenvalue weighted by atomic mass is 9.98. The summed E-state index contributed by atoms with van der Waals surface area (Å²) < 4.78 is 27.4. The Bertz CT molecular complexity index is 971. The molecule has 3 N–H and O–H groups in total. The molecule has 28 heavy (non-hydrogen) atoms. The number of nitrogen functional groups attached to an aromatic ring is 1. The van der Waals surface area contributed by atoms with E-state index in [1.807, 2.05) is 6.07 Å². The molecule has 0 spiro atoms. The average Bonchev–Trinajstić information content (AvgIpc) is 2.99. The van der Waals surface area contributed by atoms with Crippen LogP contribution in [0.5, 0.6) is 0 Å². The molecular weight excluding hydrogens is 378 g/mol. The Morgan fingerprint density at radius 1 is 1.25 bits per heavy atom. The van der Waals surface area contributed by atoms with Gasteiger partial charge < -0.3 is 10.7 Å². The molecule has 0 unspecified atom stereocenters. The van der Waals surface area contributed by atoms with Crippen molar-refractivity contribution < 1.29 is 8.42 Å². The number of unbranched alkanes of at least 4 members (excludes halogenated alkanes) is 2. The zero-order chi connectivity index (χ0) is 20.3. The van der Waals surface area contributed by atoms with Gasteiger partial charge in [-0.3, -0.25) is 4.57 Å². The minimum atomic E-state index is -3.14. The quantitative estimate of drug-likeness (QED) is 0.648. The number of nitrogens with zero attached hydrogens (tertiary/aromatic N) is 3. The van der Waals surface area contributed by atoms with Crippen molar-refractivity contribution in [2.24, 2.45) is 5.92 Å². The number of imidazole rings is 1. The van der Waals surface area contributed by atoms with Crippen molar-refractivity contribution in [1.82, 2.24) is 18.8 Å². The van der Waals surface area contributed by atoms with Crippen LogP contribution in [0.1, 0.15) is 51.6 Å². The van der Waals surface area contributed by atoms with E-state index in [0.717, 1.165) is 49.7 Å². The number of sulfonamides is 1. The number of fused-ring (bicyclic) bond motifs is 1. The van der Waals surface area contributed by atoms with Gasteiger partial charge in [-0.15, -0.1) is 0 Å². The van der Waals surface area contributed by atoms with Crippen molar-refractivity contribution in [3.05, 3.63) is 22.2 Å². The predicted molar refractivity (Wildman–Crippen MR) is 112 cm³/mol. The number of nitrogens with one attached hydrogen (secondary N) is 1. The Balaban J connectivity index is 1.78. The number of pyridine rings is 1. The van der Waals surface area contributed by atoms with E-state index in [4.69, 9.17) is 5.73 Å². The summed E-state index contributed by atoms with van der Waals surface area (Å²) in [6.45, 7) is 5.43. The van der Waals surface area contributed by atoms with Gasteiger partial charge in [0, 0.05) is 25.3 Å². The maximum Gasteiger partial charge on any atom is 0.326 e. The fourth-order valence-corrected chi connectivity index (χ4v) is 5.04. The van der Waals surface area contributed by atoms with E-state index in [1.54, 1.807) is 15.8 Å². The molecule has 156 valence electrons. The lowest BCUT2D eigenvalue weighted by molar-refractivity contribution is 0.253. The third-order valence-corrected chi connectivity index (χ3v) is 7.54. The Morgan fingerprint density at radius 2 is 1.96 bits per heavy atom. The third-order valence-electron chi connectivity index (χ3n) is 5.66. The predicted octanol–water partition coefficient (Wildman–Crippen LogP) is 2.10. The molecule has 1 fully saturated rings. The normalized spacial score (nSPS) is 16.8. The number of nitrogens with two attached hydrogens (primary N) is 1. The molecule has 2 aromatic rings. The molecule has 0 aromatic carbocycles. The maximum atomic E-state index is 12.5. The molecule has 8 nitrogen and oxygen atoms in total. The monoisotopic (exact) mass is 409 g/mol. The molecule has 3 heterocycles. The molecule has 9 heteroatoms. The van der Waals surface area contributed by atoms with E-state index >= 15 is 0 Å². The Morgan fingerprint density at radius 3 is 2.61 bits per heavy atom. The molecule has 0 aliphatic carbocycles. The van der Waals surface area contributed by atoms with Crippen LogP contribution in [0.2, 0.25) is 0 Å². The molecule has 0 amide bonds. The first-order chi connectivity index (χ1) is 13.4. The van der Waals surface area contributed by atoms with Gasteiger partial charge in [0.15, 0.2) is 0 Å². The topological polar surface area (TPSA) is 114 Å². The summed E-state index contributed by atoms with van der Waals surface area (Å²) in [6.07, 6.45) is 5.68. The van der Waals surface area contributed by atoms with Gasteiger partial charge in [0.2, 0.25) is 10.0 Å². The minimum Gasteiger partial charge on any atom is -0.382 e. The van der Waals surface area contributed by atoms with Gasteiger partial charge in [-0.1, -0.05) is 19.8 Å². The van der Waals surface area contributed by atoms with Gasteiger partial charge in [-0.05, 0) is 44.6 Å². The van der Waals surface area contributed by atoms with Crippen LogP contribution in [-0.2, 0) is 23.0 Å². The summed E-state index contributed by atoms with van der Waals surface area (Å²) in [5.74, 6) is 0.758. The van der Waals surface area contributed by atoms with Crippen molar-refractivity contribution >= 4 is 26.9 Å². The van der Waals surface area contributed by atoms with E-state index in [9.17, 15) is 13.2 Å². The maximum absolute atomic E-state index is 12.5. The molecule has 1 aliphatic rings. The highest BCUT2D eigenvalue weighted by Gasteiger charge is 2.27. The van der Waals surface area contributed by atoms with Crippen molar-refractivity contribution in [2.45, 2.75) is 58.9 Å². The second-order valence-corrected chi connectivity index (χ2v) is 9.89. The van der Waals surface area contributed by atoms with Gasteiger partial charge in [0.05, 0.1) is 11.3 Å². The average molecular weight is 410 g/mol. The largest absolute Gasteiger partial charge is 0.382 e. The van der Waals surface area contributed by atoms with Crippen molar-refractivity contribution in [1.29, 1.82) is 0 Å².